The van der Waals surface area contributed by atoms with Crippen LogP contribution in [0, 0.1) is 5.82 Å². The highest BCUT2D eigenvalue weighted by molar-refractivity contribution is 6.44. The van der Waals surface area contributed by atoms with Crippen LogP contribution in [0.4, 0.5) is 4.39 Å². The third-order valence-electron chi connectivity index (χ3n) is 2.77. The molecule has 0 aliphatic heterocycles. The van der Waals surface area contributed by atoms with Crippen molar-refractivity contribution in [3.05, 3.63) is 65.5 Å². The van der Waals surface area contributed by atoms with Gasteiger partial charge in [-0.3, -0.25) is 0 Å². The molecule has 0 bridgehead atoms. The van der Waals surface area contributed by atoms with E-state index >= 15 is 0 Å². The molecule has 20 heavy (non-hydrogen) atoms. The van der Waals surface area contributed by atoms with Gasteiger partial charge in [-0.25, -0.2) is 4.39 Å². The third-order valence-corrected chi connectivity index (χ3v) is 3.24. The highest BCUT2D eigenvalue weighted by Crippen LogP contribution is 2.32. The summed E-state index contributed by atoms with van der Waals surface area (Å²) < 4.78 is 18.9. The smallest absolute Gasteiger partial charge is 0.137 e. The van der Waals surface area contributed by atoms with Crippen molar-refractivity contribution in [2.24, 2.45) is 0 Å². The quantitative estimate of drug-likeness (QED) is 0.836. The molecule has 0 aliphatic carbocycles. The normalized spacial score (nSPS) is 12.4. The predicted octanol–water partition coefficient (Wildman–Crippen LogP) is 4.24. The van der Waals surface area contributed by atoms with Crippen LogP contribution in [-0.4, -0.2) is 9.94 Å². The summed E-state index contributed by atoms with van der Waals surface area (Å²) in [5.74, 6) is -0.130. The number of aliphatic hydroxyl groups excluding tert-OH is 1. The lowest BCUT2D eigenvalue weighted by molar-refractivity contribution is 0.183. The Morgan fingerprint density at radius 2 is 1.80 bits per heavy atom. The highest BCUT2D eigenvalue weighted by Gasteiger charge is 2.21. The Labute approximate surface area is 126 Å². The average Bonchev–Trinajstić information content (AvgIpc) is 2.46. The van der Waals surface area contributed by atoms with Crippen LogP contribution >= 0.6 is 23.2 Å². The molecule has 0 aliphatic rings. The van der Waals surface area contributed by atoms with E-state index in [-0.39, 0.29) is 5.56 Å². The maximum atomic E-state index is 13.3. The first-order chi connectivity index (χ1) is 9.58. The Morgan fingerprint density at radius 3 is 2.45 bits per heavy atom. The molecule has 1 N–H and O–H groups in total. The first-order valence-corrected chi connectivity index (χ1v) is 6.87. The summed E-state index contributed by atoms with van der Waals surface area (Å²) in [5.41, 5.74) is 1.20. The molecule has 2 aromatic rings. The maximum absolute atomic E-state index is 13.3. The second-order valence-corrected chi connectivity index (χ2v) is 5.40. The molecule has 2 rings (SSSR count). The zero-order chi connectivity index (χ0) is 14.5. The molecule has 0 saturated heterocycles. The van der Waals surface area contributed by atoms with Gasteiger partial charge >= 0.3 is 0 Å². The van der Waals surface area contributed by atoms with E-state index in [4.69, 9.17) is 27.9 Å². The van der Waals surface area contributed by atoms with E-state index in [1.807, 2.05) is 30.3 Å². The van der Waals surface area contributed by atoms with Gasteiger partial charge in [-0.2, -0.15) is 0 Å². The van der Waals surface area contributed by atoms with Gasteiger partial charge in [-0.1, -0.05) is 30.3 Å². The minimum Gasteiger partial charge on any atom is -0.489 e. The van der Waals surface area contributed by atoms with E-state index in [0.29, 0.717) is 12.4 Å². The largest absolute Gasteiger partial charge is 0.489 e. The topological polar surface area (TPSA) is 29.5 Å². The number of hydrogen-bond donors (Lipinski definition) is 1. The monoisotopic (exact) mass is 314 g/mol. The van der Waals surface area contributed by atoms with Crippen molar-refractivity contribution < 1.29 is 14.2 Å². The molecule has 0 radical (unpaired) electrons. The summed E-state index contributed by atoms with van der Waals surface area (Å²) >= 11 is 11.3. The first-order valence-electron chi connectivity index (χ1n) is 6.00. The van der Waals surface area contributed by atoms with Gasteiger partial charge in [0.1, 0.15) is 29.1 Å². The lowest BCUT2D eigenvalue weighted by Crippen LogP contribution is -2.09. The fraction of sp³-hybridized carbons (Fsp3) is 0.200. The van der Waals surface area contributed by atoms with Gasteiger partial charge in [0.15, 0.2) is 0 Å². The Morgan fingerprint density at radius 1 is 1.10 bits per heavy atom. The van der Waals surface area contributed by atoms with Crippen molar-refractivity contribution >= 4 is 23.2 Å². The average molecular weight is 315 g/mol. The fourth-order valence-electron chi connectivity index (χ4n) is 1.75. The van der Waals surface area contributed by atoms with Gasteiger partial charge in [-0.05, 0) is 23.8 Å². The predicted molar refractivity (Wildman–Crippen MR) is 77.6 cm³/mol. The van der Waals surface area contributed by atoms with Crippen LogP contribution in [0.1, 0.15) is 17.2 Å². The molecule has 0 fully saturated rings. The van der Waals surface area contributed by atoms with Crippen LogP contribution in [0.3, 0.4) is 0 Å². The van der Waals surface area contributed by atoms with E-state index < -0.39 is 16.8 Å². The molecule has 5 heteroatoms. The zero-order valence-electron chi connectivity index (χ0n) is 10.5. The minimum atomic E-state index is -1.21. The van der Waals surface area contributed by atoms with Gasteiger partial charge in [0, 0.05) is 5.56 Å². The molecule has 0 saturated carbocycles. The van der Waals surface area contributed by atoms with Crippen LogP contribution in [-0.2, 0) is 6.61 Å². The molecule has 1 atom stereocenters. The molecular weight excluding hydrogens is 302 g/mol. The number of alkyl halides is 2. The van der Waals surface area contributed by atoms with Crippen LogP contribution in [0.25, 0.3) is 0 Å². The van der Waals surface area contributed by atoms with Crippen LogP contribution < -0.4 is 4.74 Å². The highest BCUT2D eigenvalue weighted by atomic mass is 35.5. The molecule has 1 unspecified atom stereocenters. The van der Waals surface area contributed by atoms with Gasteiger partial charge in [0.05, 0.1) is 0 Å². The van der Waals surface area contributed by atoms with Gasteiger partial charge in [-0.15, -0.1) is 23.2 Å². The van der Waals surface area contributed by atoms with E-state index in [9.17, 15) is 9.50 Å². The minimum absolute atomic E-state index is 0.232. The standard InChI is InChI=1S/C15H13Cl2FO2/c16-15(17)14(19)12-8-11(18)6-7-13(12)20-9-10-4-2-1-3-5-10/h1-8,14-15,19H,9H2. The lowest BCUT2D eigenvalue weighted by Gasteiger charge is -2.17. The van der Waals surface area contributed by atoms with Gasteiger partial charge < -0.3 is 9.84 Å². The molecular formula is C15H13Cl2FO2. The van der Waals surface area contributed by atoms with Crippen molar-refractivity contribution in [3.63, 3.8) is 0 Å². The molecule has 0 aromatic heterocycles. The second-order valence-electron chi connectivity index (χ2n) is 4.24. The summed E-state index contributed by atoms with van der Waals surface area (Å²) in [4.78, 5) is -1.06. The Hall–Kier alpha value is -1.29. The van der Waals surface area contributed by atoms with E-state index in [0.717, 1.165) is 5.56 Å². The first kappa shape index (κ1) is 15.1. The van der Waals surface area contributed by atoms with Crippen molar-refractivity contribution in [1.29, 1.82) is 0 Å². The Balaban J connectivity index is 2.18. The number of ether oxygens (including phenoxy) is 1. The number of rotatable bonds is 5. The number of hydrogen-bond acceptors (Lipinski definition) is 2. The summed E-state index contributed by atoms with van der Waals surface area (Å²) in [5, 5.41) is 9.89. The molecule has 0 amide bonds. The van der Waals surface area contributed by atoms with Crippen LogP contribution in [0.15, 0.2) is 48.5 Å². The fourth-order valence-corrected chi connectivity index (χ4v) is 2.02. The lowest BCUT2D eigenvalue weighted by atomic mass is 10.1. The third kappa shape index (κ3) is 3.85. The van der Waals surface area contributed by atoms with Crippen LogP contribution in [0.5, 0.6) is 5.75 Å². The maximum Gasteiger partial charge on any atom is 0.137 e. The second kappa shape index (κ2) is 6.93. The molecule has 2 nitrogen and oxygen atoms in total. The van der Waals surface area contributed by atoms with Crippen LogP contribution in [0.2, 0.25) is 0 Å². The molecule has 106 valence electrons. The van der Waals surface area contributed by atoms with E-state index in [1.54, 1.807) is 0 Å². The summed E-state index contributed by atoms with van der Waals surface area (Å²) in [6.07, 6.45) is -1.21. The summed E-state index contributed by atoms with van der Waals surface area (Å²) in [6.45, 7) is 0.307. The van der Waals surface area contributed by atoms with Gasteiger partial charge in [0.2, 0.25) is 0 Å². The summed E-state index contributed by atoms with van der Waals surface area (Å²) in [6, 6.07) is 13.4. The molecule has 2 aromatic carbocycles. The number of halogens is 3. The zero-order valence-corrected chi connectivity index (χ0v) is 12.0. The Kier molecular flexibility index (Phi) is 5.24. The molecule has 0 heterocycles. The van der Waals surface area contributed by atoms with Crippen molar-refractivity contribution in [2.45, 2.75) is 17.5 Å². The van der Waals surface area contributed by atoms with Gasteiger partial charge in [0.25, 0.3) is 0 Å². The Bertz CT molecular complexity index is 561. The van der Waals surface area contributed by atoms with E-state index in [2.05, 4.69) is 0 Å². The molecule has 0 spiro atoms. The SMILES string of the molecule is OC(c1cc(F)ccc1OCc1ccccc1)C(Cl)Cl. The number of benzene rings is 2. The summed E-state index contributed by atoms with van der Waals surface area (Å²) in [7, 11) is 0. The van der Waals surface area contributed by atoms with Crippen molar-refractivity contribution in [2.75, 3.05) is 0 Å². The van der Waals surface area contributed by atoms with Crippen molar-refractivity contribution in [1.82, 2.24) is 0 Å². The van der Waals surface area contributed by atoms with E-state index in [1.165, 1.54) is 18.2 Å². The number of aliphatic hydroxyl groups is 1. The van der Waals surface area contributed by atoms with Crippen molar-refractivity contribution in [3.8, 4) is 5.75 Å².